The van der Waals surface area contributed by atoms with Crippen molar-refractivity contribution in [2.75, 3.05) is 91.8 Å². The Hall–Kier alpha value is -3.38. The van der Waals surface area contributed by atoms with Gasteiger partial charge in [0.15, 0.2) is 0 Å². The zero-order chi connectivity index (χ0) is 35.2. The number of hydrogen-bond donors (Lipinski definition) is 7. The van der Waals surface area contributed by atoms with Crippen molar-refractivity contribution in [2.45, 2.75) is 58.4 Å². The van der Waals surface area contributed by atoms with Gasteiger partial charge in [0.25, 0.3) is 0 Å². The van der Waals surface area contributed by atoms with Crippen LogP contribution in [0.15, 0.2) is 0 Å². The van der Waals surface area contributed by atoms with Crippen LogP contribution in [-0.2, 0) is 28.8 Å². The standard InChI is InChI=1S/C30H56N8O9/c1-3-6-23(2)7-4-5-8-32-26(40)18-33-30(47)24(17-25(31)39)34-22-38-15-13-36(20-28(43)44)11-9-35(19-27(41)42)10-12-37(14-16-38)21-29(45)46/h23-24,34H,3-22H2,1-2H3,(H2,31,39)(H,32,40)(H,33,47)(H,41,42)(H,43,44)(H,45,46)/t23?,24-/m1/s1. The number of nitrogens with one attached hydrogen (secondary N) is 3. The molecule has 0 aliphatic carbocycles. The van der Waals surface area contributed by atoms with Crippen LogP contribution in [0.1, 0.15) is 52.4 Å². The van der Waals surface area contributed by atoms with Gasteiger partial charge < -0.3 is 31.7 Å². The van der Waals surface area contributed by atoms with Crippen molar-refractivity contribution >= 4 is 35.6 Å². The van der Waals surface area contributed by atoms with Crippen LogP contribution in [0, 0.1) is 5.92 Å². The molecule has 0 aromatic carbocycles. The summed E-state index contributed by atoms with van der Waals surface area (Å²) in [6.45, 7) is 6.21. The highest BCUT2D eigenvalue weighted by atomic mass is 16.4. The van der Waals surface area contributed by atoms with Crippen LogP contribution < -0.4 is 21.7 Å². The Balaban J connectivity index is 2.83. The Labute approximate surface area is 277 Å². The predicted octanol–water partition coefficient (Wildman–Crippen LogP) is -1.91. The first-order valence-electron chi connectivity index (χ1n) is 16.4. The first-order valence-corrected chi connectivity index (χ1v) is 16.4. The summed E-state index contributed by atoms with van der Waals surface area (Å²) in [6.07, 6.45) is 4.93. The van der Waals surface area contributed by atoms with Crippen molar-refractivity contribution in [1.29, 1.82) is 0 Å². The van der Waals surface area contributed by atoms with Gasteiger partial charge in [0.05, 0.1) is 38.6 Å². The minimum Gasteiger partial charge on any atom is -0.480 e. The van der Waals surface area contributed by atoms with Gasteiger partial charge in [0.2, 0.25) is 17.7 Å². The lowest BCUT2D eigenvalue weighted by Crippen LogP contribution is -2.53. The summed E-state index contributed by atoms with van der Waals surface area (Å²) in [5, 5.41) is 36.5. The van der Waals surface area contributed by atoms with Crippen molar-refractivity contribution in [1.82, 2.24) is 35.6 Å². The fraction of sp³-hybridized carbons (Fsp3) is 0.800. The number of nitrogens with two attached hydrogens (primary N) is 1. The van der Waals surface area contributed by atoms with Gasteiger partial charge in [-0.2, -0.15) is 0 Å². The van der Waals surface area contributed by atoms with E-state index in [1.807, 2.05) is 4.90 Å². The highest BCUT2D eigenvalue weighted by Gasteiger charge is 2.24. The number of aliphatic carboxylic acids is 3. The Kier molecular flexibility index (Phi) is 21.1. The van der Waals surface area contributed by atoms with E-state index in [0.29, 0.717) is 25.6 Å². The average molecular weight is 673 g/mol. The summed E-state index contributed by atoms with van der Waals surface area (Å²) in [4.78, 5) is 78.3. The SMILES string of the molecule is CCCC(C)CCCCNC(=O)CNC(=O)[C@@H](CC(N)=O)NCN1CCN(CC(=O)O)CCN(CC(=O)O)CCN(CC(=O)O)CC1. The van der Waals surface area contributed by atoms with E-state index in [1.54, 1.807) is 14.7 Å². The van der Waals surface area contributed by atoms with Crippen LogP contribution in [0.4, 0.5) is 0 Å². The number of rotatable bonds is 21. The van der Waals surface area contributed by atoms with Crippen molar-refractivity contribution in [3.63, 3.8) is 0 Å². The van der Waals surface area contributed by atoms with Gasteiger partial charge in [-0.3, -0.25) is 53.7 Å². The van der Waals surface area contributed by atoms with E-state index in [4.69, 9.17) is 5.73 Å². The smallest absolute Gasteiger partial charge is 0.317 e. The fourth-order valence-electron chi connectivity index (χ4n) is 5.32. The molecule has 17 heteroatoms. The molecule has 0 aromatic rings. The summed E-state index contributed by atoms with van der Waals surface area (Å²) >= 11 is 0. The lowest BCUT2D eigenvalue weighted by Gasteiger charge is -2.33. The molecular weight excluding hydrogens is 616 g/mol. The molecule has 0 saturated carbocycles. The number of nitrogens with zero attached hydrogens (tertiary/aromatic N) is 4. The summed E-state index contributed by atoms with van der Waals surface area (Å²) in [6, 6.07) is -1.04. The molecule has 0 aromatic heterocycles. The zero-order valence-corrected chi connectivity index (χ0v) is 28.0. The Morgan fingerprint density at radius 3 is 1.60 bits per heavy atom. The maximum atomic E-state index is 13.0. The van der Waals surface area contributed by atoms with E-state index in [2.05, 4.69) is 29.8 Å². The van der Waals surface area contributed by atoms with E-state index >= 15 is 0 Å². The molecule has 1 aliphatic rings. The fourth-order valence-corrected chi connectivity index (χ4v) is 5.32. The molecule has 1 unspecified atom stereocenters. The molecule has 270 valence electrons. The van der Waals surface area contributed by atoms with Crippen molar-refractivity contribution in [2.24, 2.45) is 11.7 Å². The van der Waals surface area contributed by atoms with Gasteiger partial charge in [0.1, 0.15) is 0 Å². The topological polar surface area (TPSA) is 238 Å². The molecule has 0 radical (unpaired) electrons. The molecule has 2 atom stereocenters. The maximum absolute atomic E-state index is 13.0. The highest BCUT2D eigenvalue weighted by molar-refractivity contribution is 5.90. The third-order valence-electron chi connectivity index (χ3n) is 7.94. The van der Waals surface area contributed by atoms with Gasteiger partial charge >= 0.3 is 17.9 Å². The van der Waals surface area contributed by atoms with Gasteiger partial charge in [-0.05, 0) is 12.3 Å². The molecule has 1 rings (SSSR count). The molecule has 0 bridgehead atoms. The van der Waals surface area contributed by atoms with Crippen LogP contribution in [0.25, 0.3) is 0 Å². The Morgan fingerprint density at radius 1 is 0.702 bits per heavy atom. The molecule has 1 aliphatic heterocycles. The van der Waals surface area contributed by atoms with Crippen LogP contribution >= 0.6 is 0 Å². The predicted molar refractivity (Wildman–Crippen MR) is 173 cm³/mol. The van der Waals surface area contributed by atoms with E-state index in [9.17, 15) is 44.1 Å². The van der Waals surface area contributed by atoms with Gasteiger partial charge in [0, 0.05) is 65.6 Å². The third kappa shape index (κ3) is 21.2. The molecule has 3 amide bonds. The molecular formula is C30H56N8O9. The molecule has 8 N–H and O–H groups in total. The number of carbonyl (C=O) groups excluding carboxylic acids is 3. The summed E-state index contributed by atoms with van der Waals surface area (Å²) in [5.74, 6) is -4.12. The molecule has 47 heavy (non-hydrogen) atoms. The molecule has 1 saturated heterocycles. The van der Waals surface area contributed by atoms with Crippen molar-refractivity contribution in [3.8, 4) is 0 Å². The van der Waals surface area contributed by atoms with E-state index in [-0.39, 0.29) is 84.4 Å². The van der Waals surface area contributed by atoms with Crippen LogP contribution in [-0.4, -0.2) is 168 Å². The number of carboxylic acids is 3. The van der Waals surface area contributed by atoms with E-state index < -0.39 is 35.8 Å². The second-order valence-corrected chi connectivity index (χ2v) is 12.2. The van der Waals surface area contributed by atoms with Crippen LogP contribution in [0.5, 0.6) is 0 Å². The van der Waals surface area contributed by atoms with Crippen molar-refractivity contribution < 1.29 is 44.1 Å². The number of carbonyl (C=O) groups is 6. The molecule has 0 spiro atoms. The number of amides is 3. The average Bonchev–Trinajstić information content (AvgIpc) is 2.97. The minimum atomic E-state index is -1.04. The number of carboxylic acid groups (broad SMARTS) is 3. The normalized spacial score (nSPS) is 17.5. The number of hydrogen-bond acceptors (Lipinski definition) is 11. The molecule has 1 fully saturated rings. The highest BCUT2D eigenvalue weighted by Crippen LogP contribution is 2.13. The summed E-state index contributed by atoms with van der Waals surface area (Å²) in [7, 11) is 0. The van der Waals surface area contributed by atoms with E-state index in [1.165, 1.54) is 6.42 Å². The molecule has 1 heterocycles. The Bertz CT molecular complexity index is 970. The minimum absolute atomic E-state index is 0.0843. The monoisotopic (exact) mass is 672 g/mol. The lowest BCUT2D eigenvalue weighted by atomic mass is 9.99. The second kappa shape index (κ2) is 23.9. The van der Waals surface area contributed by atoms with Gasteiger partial charge in [-0.1, -0.05) is 39.5 Å². The second-order valence-electron chi connectivity index (χ2n) is 12.2. The molecule has 17 nitrogen and oxygen atoms in total. The summed E-state index contributed by atoms with van der Waals surface area (Å²) < 4.78 is 0. The largest absolute Gasteiger partial charge is 0.480 e. The zero-order valence-electron chi connectivity index (χ0n) is 28.0. The first-order chi connectivity index (χ1) is 22.3. The lowest BCUT2D eigenvalue weighted by molar-refractivity contribution is -0.140. The van der Waals surface area contributed by atoms with Gasteiger partial charge in [-0.15, -0.1) is 0 Å². The number of unbranched alkanes of at least 4 members (excludes halogenated alkanes) is 1. The van der Waals surface area contributed by atoms with Gasteiger partial charge in [-0.25, -0.2) is 0 Å². The number of primary amides is 1. The van der Waals surface area contributed by atoms with E-state index in [0.717, 1.165) is 25.7 Å². The maximum Gasteiger partial charge on any atom is 0.317 e. The third-order valence-corrected chi connectivity index (χ3v) is 7.94. The van der Waals surface area contributed by atoms with Crippen LogP contribution in [0.2, 0.25) is 0 Å². The first kappa shape index (κ1) is 41.6. The van der Waals surface area contributed by atoms with Crippen molar-refractivity contribution in [3.05, 3.63) is 0 Å². The van der Waals surface area contributed by atoms with Crippen LogP contribution in [0.3, 0.4) is 0 Å². The quantitative estimate of drug-likeness (QED) is 0.0659. The Morgan fingerprint density at radius 2 is 1.17 bits per heavy atom. The summed E-state index contributed by atoms with van der Waals surface area (Å²) in [5.41, 5.74) is 5.40.